The van der Waals surface area contributed by atoms with E-state index < -0.39 is 6.10 Å². The number of aliphatic hydroxyl groups excluding tert-OH is 1. The summed E-state index contributed by atoms with van der Waals surface area (Å²) in [5.41, 5.74) is 3.00. The van der Waals surface area contributed by atoms with Crippen molar-refractivity contribution in [1.29, 1.82) is 0 Å². The molecule has 4 rings (SSSR count). The lowest BCUT2D eigenvalue weighted by Gasteiger charge is -2.31. The van der Waals surface area contributed by atoms with Crippen molar-refractivity contribution < 1.29 is 14.6 Å². The fraction of sp³-hybridized carbons (Fsp3) is 0.476. The highest BCUT2D eigenvalue weighted by atomic mass is 16.5. The number of hydrogen-bond donors (Lipinski definition) is 2. The molecule has 154 valence electrons. The first-order valence-corrected chi connectivity index (χ1v) is 9.97. The first-order chi connectivity index (χ1) is 14.1. The van der Waals surface area contributed by atoms with Crippen molar-refractivity contribution in [2.45, 2.75) is 25.1 Å². The fourth-order valence-electron chi connectivity index (χ4n) is 3.74. The monoisotopic (exact) mass is 397 g/mol. The maximum atomic E-state index is 12.7. The number of aromatic nitrogens is 2. The summed E-state index contributed by atoms with van der Waals surface area (Å²) in [4.78, 5) is 24.7. The molecular formula is C21H27N5O3. The number of carbonyl (C=O) groups is 1. The Balaban J connectivity index is 1.30. The van der Waals surface area contributed by atoms with Gasteiger partial charge < -0.3 is 20.1 Å². The third kappa shape index (κ3) is 4.90. The van der Waals surface area contributed by atoms with Gasteiger partial charge in [-0.05, 0) is 17.5 Å². The summed E-state index contributed by atoms with van der Waals surface area (Å²) in [5.74, 6) is 0.376. The molecule has 0 bridgehead atoms. The van der Waals surface area contributed by atoms with Crippen LogP contribution in [0.1, 0.15) is 21.6 Å². The zero-order valence-electron chi connectivity index (χ0n) is 16.6. The first kappa shape index (κ1) is 19.8. The van der Waals surface area contributed by atoms with Gasteiger partial charge >= 0.3 is 0 Å². The number of nitrogens with one attached hydrogen (secondary N) is 1. The van der Waals surface area contributed by atoms with Gasteiger partial charge in [0.2, 0.25) is 0 Å². The molecule has 8 heteroatoms. The van der Waals surface area contributed by atoms with Crippen LogP contribution in [0.25, 0.3) is 0 Å². The van der Waals surface area contributed by atoms with E-state index in [2.05, 4.69) is 38.4 Å². The zero-order chi connectivity index (χ0) is 20.2. The van der Waals surface area contributed by atoms with E-state index in [0.717, 1.165) is 19.5 Å². The molecule has 2 aliphatic heterocycles. The van der Waals surface area contributed by atoms with E-state index in [9.17, 15) is 9.90 Å². The van der Waals surface area contributed by atoms with Crippen LogP contribution in [0.5, 0.6) is 0 Å². The van der Waals surface area contributed by atoms with Gasteiger partial charge in [0.15, 0.2) is 0 Å². The summed E-state index contributed by atoms with van der Waals surface area (Å²) in [6.45, 7) is 3.80. The lowest BCUT2D eigenvalue weighted by atomic mass is 10.00. The number of anilines is 1. The average molecular weight is 397 g/mol. The molecule has 1 saturated heterocycles. The van der Waals surface area contributed by atoms with Gasteiger partial charge in [0.25, 0.3) is 5.91 Å². The summed E-state index contributed by atoms with van der Waals surface area (Å²) in [7, 11) is 1.69. The second kappa shape index (κ2) is 8.86. The van der Waals surface area contributed by atoms with Crippen molar-refractivity contribution in [1.82, 2.24) is 19.8 Å². The van der Waals surface area contributed by atoms with Crippen LogP contribution in [-0.2, 0) is 17.7 Å². The van der Waals surface area contributed by atoms with Gasteiger partial charge in [0.05, 0.1) is 25.4 Å². The molecule has 1 aromatic heterocycles. The number of nitrogens with zero attached hydrogens (tertiary/aromatic N) is 4. The Morgan fingerprint density at radius 1 is 1.34 bits per heavy atom. The lowest BCUT2D eigenvalue weighted by molar-refractivity contribution is 0.0209. The highest BCUT2D eigenvalue weighted by Crippen LogP contribution is 2.18. The number of carbonyl (C=O) groups excluding carboxylic acids is 1. The van der Waals surface area contributed by atoms with Crippen molar-refractivity contribution in [3.8, 4) is 0 Å². The van der Waals surface area contributed by atoms with Crippen molar-refractivity contribution in [2.75, 3.05) is 45.2 Å². The second-order valence-corrected chi connectivity index (χ2v) is 7.76. The van der Waals surface area contributed by atoms with E-state index in [0.29, 0.717) is 31.3 Å². The minimum Gasteiger partial charge on any atom is -0.390 e. The summed E-state index contributed by atoms with van der Waals surface area (Å²) < 4.78 is 5.14. The fourth-order valence-corrected chi connectivity index (χ4v) is 3.74. The van der Waals surface area contributed by atoms with E-state index in [1.54, 1.807) is 13.1 Å². The molecular weight excluding hydrogens is 370 g/mol. The standard InChI is InChI=1S/C21H27N5O3/c1-25(21(28)19-8-20(23-14-22-19)24-17-12-29-13-17)10-18(27)11-26-7-6-15-4-2-3-5-16(15)9-26/h2-5,8,14,17-18,27H,6-7,9-13H2,1H3,(H,22,23,24). The maximum absolute atomic E-state index is 12.7. The molecule has 1 unspecified atom stereocenters. The number of ether oxygens (including phenoxy) is 1. The van der Waals surface area contributed by atoms with Gasteiger partial charge in [-0.1, -0.05) is 24.3 Å². The van der Waals surface area contributed by atoms with E-state index in [4.69, 9.17) is 4.74 Å². The summed E-state index contributed by atoms with van der Waals surface area (Å²) in [5, 5.41) is 13.7. The van der Waals surface area contributed by atoms with Crippen molar-refractivity contribution in [3.05, 3.63) is 53.5 Å². The number of hydrogen-bond acceptors (Lipinski definition) is 7. The Kier molecular flexibility index (Phi) is 6.03. The van der Waals surface area contributed by atoms with Gasteiger partial charge in [0.1, 0.15) is 17.8 Å². The molecule has 1 atom stereocenters. The number of β-amino-alcohol motifs (C(OH)–C–C–N with tert-alkyl or cyclic N) is 1. The van der Waals surface area contributed by atoms with Gasteiger partial charge in [-0.25, -0.2) is 9.97 Å². The average Bonchev–Trinajstić information content (AvgIpc) is 2.70. The zero-order valence-corrected chi connectivity index (χ0v) is 16.6. The highest BCUT2D eigenvalue weighted by molar-refractivity contribution is 5.92. The van der Waals surface area contributed by atoms with Crippen LogP contribution in [0.4, 0.5) is 5.82 Å². The molecule has 2 N–H and O–H groups in total. The summed E-state index contributed by atoms with van der Waals surface area (Å²) >= 11 is 0. The highest BCUT2D eigenvalue weighted by Gasteiger charge is 2.23. The summed E-state index contributed by atoms with van der Waals surface area (Å²) in [6.07, 6.45) is 1.74. The molecule has 0 aliphatic carbocycles. The van der Waals surface area contributed by atoms with E-state index >= 15 is 0 Å². The second-order valence-electron chi connectivity index (χ2n) is 7.76. The van der Waals surface area contributed by atoms with Crippen molar-refractivity contribution >= 4 is 11.7 Å². The minimum absolute atomic E-state index is 0.224. The van der Waals surface area contributed by atoms with Crippen LogP contribution >= 0.6 is 0 Å². The normalized spacial score (nSPS) is 17.9. The smallest absolute Gasteiger partial charge is 0.272 e. The molecule has 1 aromatic carbocycles. The van der Waals surface area contributed by atoms with Crippen LogP contribution in [0.15, 0.2) is 36.7 Å². The number of fused-ring (bicyclic) bond motifs is 1. The lowest BCUT2D eigenvalue weighted by Crippen LogP contribution is -2.43. The Bertz CT molecular complexity index is 858. The predicted molar refractivity (Wildman–Crippen MR) is 109 cm³/mol. The molecule has 1 fully saturated rings. The van der Waals surface area contributed by atoms with Gasteiger partial charge in [0, 0.05) is 39.3 Å². The SMILES string of the molecule is CN(CC(O)CN1CCc2ccccc2C1)C(=O)c1cc(NC2COC2)ncn1. The Hall–Kier alpha value is -2.55. The number of benzene rings is 1. The summed E-state index contributed by atoms with van der Waals surface area (Å²) in [6, 6.07) is 10.3. The van der Waals surface area contributed by atoms with Gasteiger partial charge in [-0.2, -0.15) is 0 Å². The predicted octanol–water partition coefficient (Wildman–Crippen LogP) is 0.778. The molecule has 29 heavy (non-hydrogen) atoms. The largest absolute Gasteiger partial charge is 0.390 e. The number of aliphatic hydroxyl groups is 1. The molecule has 0 saturated carbocycles. The molecule has 8 nitrogen and oxygen atoms in total. The number of rotatable bonds is 7. The number of likely N-dealkylation sites (N-methyl/N-ethyl adjacent to an activating group) is 1. The molecule has 2 aliphatic rings. The molecule has 2 aromatic rings. The van der Waals surface area contributed by atoms with Crippen LogP contribution in [-0.4, -0.2) is 82.8 Å². The Morgan fingerprint density at radius 2 is 2.14 bits per heavy atom. The third-order valence-corrected chi connectivity index (χ3v) is 5.39. The molecule has 0 spiro atoms. The van der Waals surface area contributed by atoms with E-state index in [1.807, 2.05) is 6.07 Å². The van der Waals surface area contributed by atoms with E-state index in [-0.39, 0.29) is 18.5 Å². The maximum Gasteiger partial charge on any atom is 0.272 e. The first-order valence-electron chi connectivity index (χ1n) is 9.97. The van der Waals surface area contributed by atoms with Crippen LogP contribution in [0.3, 0.4) is 0 Å². The van der Waals surface area contributed by atoms with Crippen LogP contribution in [0, 0.1) is 0 Å². The third-order valence-electron chi connectivity index (χ3n) is 5.39. The van der Waals surface area contributed by atoms with Crippen LogP contribution in [0.2, 0.25) is 0 Å². The van der Waals surface area contributed by atoms with Crippen LogP contribution < -0.4 is 5.32 Å². The van der Waals surface area contributed by atoms with Gasteiger partial charge in [-0.3, -0.25) is 9.69 Å². The quantitative estimate of drug-likeness (QED) is 0.713. The van der Waals surface area contributed by atoms with E-state index in [1.165, 1.54) is 22.4 Å². The Morgan fingerprint density at radius 3 is 2.90 bits per heavy atom. The molecule has 1 amide bonds. The van der Waals surface area contributed by atoms with Crippen molar-refractivity contribution in [3.63, 3.8) is 0 Å². The van der Waals surface area contributed by atoms with Crippen molar-refractivity contribution in [2.24, 2.45) is 0 Å². The number of amides is 1. The Labute approximate surface area is 170 Å². The minimum atomic E-state index is -0.624. The van der Waals surface area contributed by atoms with Gasteiger partial charge in [-0.15, -0.1) is 0 Å². The molecule has 0 radical (unpaired) electrons. The topological polar surface area (TPSA) is 90.8 Å². The molecule has 3 heterocycles.